The number of imidazole rings is 1. The van der Waals surface area contributed by atoms with Gasteiger partial charge in [0.2, 0.25) is 0 Å². The number of carbonyl (C=O) groups is 2. The Kier molecular flexibility index (Phi) is 7.53. The molecule has 1 atom stereocenters. The van der Waals surface area contributed by atoms with Crippen LogP contribution in [0.5, 0.6) is 5.75 Å². The first-order valence-corrected chi connectivity index (χ1v) is 12.3. The molecule has 4 rings (SSSR count). The van der Waals surface area contributed by atoms with Crippen molar-refractivity contribution in [2.45, 2.75) is 46.7 Å². The lowest BCUT2D eigenvalue weighted by molar-refractivity contribution is 0.0858. The van der Waals surface area contributed by atoms with Crippen LogP contribution in [-0.2, 0) is 6.42 Å². The molecule has 3 heterocycles. The standard InChI is InChI=1S/C25H36N6O3/c1-5-8-22-26-17(4)23-25(33)27-24(28-31(22)23)19-15-18(9-10-21(19)34-7-3)20(32)16-30-13-11-29(6-2)12-14-30/h9-10,15,24,28H,5-8,11-14,16H2,1-4H3,(H,27,33). The molecule has 9 heteroatoms. The molecule has 1 unspecified atom stereocenters. The van der Waals surface area contributed by atoms with Gasteiger partial charge in [0.05, 0.1) is 18.8 Å². The molecule has 1 aromatic heterocycles. The Bertz CT molecular complexity index is 1040. The molecule has 1 saturated heterocycles. The number of benzene rings is 1. The highest BCUT2D eigenvalue weighted by atomic mass is 16.5. The van der Waals surface area contributed by atoms with Crippen molar-refractivity contribution >= 4 is 11.7 Å². The van der Waals surface area contributed by atoms with Crippen LogP contribution in [0.1, 0.15) is 71.3 Å². The van der Waals surface area contributed by atoms with Gasteiger partial charge in [-0.2, -0.15) is 0 Å². The van der Waals surface area contributed by atoms with Gasteiger partial charge in [-0.3, -0.25) is 19.9 Å². The molecule has 0 aliphatic carbocycles. The van der Waals surface area contributed by atoms with E-state index in [1.165, 1.54) is 0 Å². The molecule has 2 aromatic rings. The maximum Gasteiger partial charge on any atom is 0.273 e. The summed E-state index contributed by atoms with van der Waals surface area (Å²) in [5.74, 6) is 1.35. The number of fused-ring (bicyclic) bond motifs is 1. The Morgan fingerprint density at radius 2 is 1.88 bits per heavy atom. The molecule has 184 valence electrons. The van der Waals surface area contributed by atoms with E-state index in [1.807, 2.05) is 32.0 Å². The minimum absolute atomic E-state index is 0.0715. The summed E-state index contributed by atoms with van der Waals surface area (Å²) in [7, 11) is 0. The Morgan fingerprint density at radius 1 is 1.15 bits per heavy atom. The molecule has 2 aliphatic heterocycles. The summed E-state index contributed by atoms with van der Waals surface area (Å²) in [6.07, 6.45) is 1.15. The fourth-order valence-electron chi connectivity index (χ4n) is 4.68. The number of rotatable bonds is 9. The van der Waals surface area contributed by atoms with Crippen LogP contribution >= 0.6 is 0 Å². The third-order valence-corrected chi connectivity index (χ3v) is 6.57. The highest BCUT2D eigenvalue weighted by Crippen LogP contribution is 2.29. The lowest BCUT2D eigenvalue weighted by atomic mass is 10.0. The summed E-state index contributed by atoms with van der Waals surface area (Å²) in [5, 5.41) is 3.02. The quantitative estimate of drug-likeness (QED) is 0.546. The molecule has 2 aliphatic rings. The van der Waals surface area contributed by atoms with Crippen LogP contribution < -0.4 is 15.5 Å². The normalized spacial score (nSPS) is 18.8. The number of amides is 1. The first-order chi connectivity index (χ1) is 16.4. The monoisotopic (exact) mass is 468 g/mol. The van der Waals surface area contributed by atoms with Crippen molar-refractivity contribution in [3.8, 4) is 5.75 Å². The van der Waals surface area contributed by atoms with Gasteiger partial charge < -0.3 is 15.0 Å². The predicted molar refractivity (Wildman–Crippen MR) is 131 cm³/mol. The number of aromatic nitrogens is 2. The average molecular weight is 469 g/mol. The van der Waals surface area contributed by atoms with E-state index in [9.17, 15) is 9.59 Å². The van der Waals surface area contributed by atoms with Gasteiger partial charge in [-0.25, -0.2) is 9.66 Å². The number of likely N-dealkylation sites (N-methyl/N-ethyl adjacent to an activating group) is 1. The highest BCUT2D eigenvalue weighted by molar-refractivity contribution is 5.98. The average Bonchev–Trinajstić information content (AvgIpc) is 3.15. The summed E-state index contributed by atoms with van der Waals surface area (Å²) in [6.45, 7) is 13.7. The zero-order valence-electron chi connectivity index (χ0n) is 20.7. The summed E-state index contributed by atoms with van der Waals surface area (Å²) < 4.78 is 7.65. The fraction of sp³-hybridized carbons (Fsp3) is 0.560. The summed E-state index contributed by atoms with van der Waals surface area (Å²) in [6, 6.07) is 5.50. The van der Waals surface area contributed by atoms with Crippen molar-refractivity contribution in [3.63, 3.8) is 0 Å². The fourth-order valence-corrected chi connectivity index (χ4v) is 4.68. The van der Waals surface area contributed by atoms with Crippen molar-refractivity contribution in [2.75, 3.05) is 51.3 Å². The lowest BCUT2D eigenvalue weighted by Crippen LogP contribution is -2.47. The Hall–Kier alpha value is -2.91. The van der Waals surface area contributed by atoms with Crippen LogP contribution in [0, 0.1) is 6.92 Å². The SMILES string of the molecule is CCCc1nc(C)c2n1NC(c1cc(C(=O)CN3CCN(CC)CC3)ccc1OCC)NC2=O. The van der Waals surface area contributed by atoms with Crippen LogP contribution in [0.2, 0.25) is 0 Å². The van der Waals surface area contributed by atoms with E-state index in [0.29, 0.717) is 35.9 Å². The molecule has 0 spiro atoms. The zero-order chi connectivity index (χ0) is 24.2. The van der Waals surface area contributed by atoms with Gasteiger partial charge in [0.25, 0.3) is 5.91 Å². The number of aryl methyl sites for hydroxylation is 2. The molecular weight excluding hydrogens is 432 g/mol. The van der Waals surface area contributed by atoms with Gasteiger partial charge in [-0.1, -0.05) is 13.8 Å². The maximum atomic E-state index is 13.2. The Labute approximate surface area is 201 Å². The van der Waals surface area contributed by atoms with Crippen LogP contribution in [0.3, 0.4) is 0 Å². The minimum atomic E-state index is -0.536. The van der Waals surface area contributed by atoms with Crippen molar-refractivity contribution < 1.29 is 14.3 Å². The third kappa shape index (κ3) is 4.95. The number of ether oxygens (including phenoxy) is 1. The predicted octanol–water partition coefficient (Wildman–Crippen LogP) is 2.35. The van der Waals surface area contributed by atoms with Gasteiger partial charge in [0.1, 0.15) is 17.7 Å². The summed E-state index contributed by atoms with van der Waals surface area (Å²) in [5.41, 5.74) is 5.96. The largest absolute Gasteiger partial charge is 0.493 e. The first-order valence-electron chi connectivity index (χ1n) is 12.3. The smallest absolute Gasteiger partial charge is 0.273 e. The molecule has 9 nitrogen and oxygen atoms in total. The molecule has 1 fully saturated rings. The van der Waals surface area contributed by atoms with Gasteiger partial charge in [0, 0.05) is 43.7 Å². The summed E-state index contributed by atoms with van der Waals surface area (Å²) >= 11 is 0. The van der Waals surface area contributed by atoms with Crippen LogP contribution in [0.15, 0.2) is 18.2 Å². The van der Waals surface area contributed by atoms with Crippen molar-refractivity contribution in [3.05, 3.63) is 46.5 Å². The maximum absolute atomic E-state index is 13.2. The molecule has 0 saturated carbocycles. The van der Waals surface area contributed by atoms with Crippen LogP contribution in [0.4, 0.5) is 0 Å². The summed E-state index contributed by atoms with van der Waals surface area (Å²) in [4.78, 5) is 35.3. The topological polar surface area (TPSA) is 91.7 Å². The molecular formula is C25H36N6O3. The highest BCUT2D eigenvalue weighted by Gasteiger charge is 2.31. The lowest BCUT2D eigenvalue weighted by Gasteiger charge is -2.33. The Balaban J connectivity index is 1.58. The number of nitrogens with zero attached hydrogens (tertiary/aromatic N) is 4. The second kappa shape index (κ2) is 10.6. The number of piperazine rings is 1. The molecule has 0 bridgehead atoms. The van der Waals surface area contributed by atoms with E-state index in [2.05, 4.69) is 39.4 Å². The number of nitrogens with one attached hydrogen (secondary N) is 2. The number of hydrogen-bond acceptors (Lipinski definition) is 7. The van der Waals surface area contributed by atoms with Crippen molar-refractivity contribution in [1.29, 1.82) is 0 Å². The molecule has 34 heavy (non-hydrogen) atoms. The van der Waals surface area contributed by atoms with E-state index in [1.54, 1.807) is 4.68 Å². The van der Waals surface area contributed by atoms with E-state index < -0.39 is 6.17 Å². The minimum Gasteiger partial charge on any atom is -0.493 e. The van der Waals surface area contributed by atoms with E-state index in [0.717, 1.165) is 57.0 Å². The second-order valence-corrected chi connectivity index (χ2v) is 8.90. The Morgan fingerprint density at radius 3 is 2.56 bits per heavy atom. The first kappa shape index (κ1) is 24.2. The van der Waals surface area contributed by atoms with Gasteiger partial charge in [-0.15, -0.1) is 0 Å². The number of carbonyl (C=O) groups excluding carboxylic acids is 2. The van der Waals surface area contributed by atoms with Gasteiger partial charge >= 0.3 is 0 Å². The zero-order valence-corrected chi connectivity index (χ0v) is 20.7. The van der Waals surface area contributed by atoms with E-state index in [-0.39, 0.29) is 11.7 Å². The number of ketones is 1. The number of hydrogen-bond donors (Lipinski definition) is 2. The van der Waals surface area contributed by atoms with Crippen molar-refractivity contribution in [1.82, 2.24) is 24.8 Å². The molecule has 2 N–H and O–H groups in total. The van der Waals surface area contributed by atoms with Gasteiger partial charge in [-0.05, 0) is 45.0 Å². The molecule has 1 amide bonds. The second-order valence-electron chi connectivity index (χ2n) is 8.90. The molecule has 1 aromatic carbocycles. The van der Waals surface area contributed by atoms with Crippen LogP contribution in [0.25, 0.3) is 0 Å². The van der Waals surface area contributed by atoms with Gasteiger partial charge in [0.15, 0.2) is 11.5 Å². The third-order valence-electron chi connectivity index (χ3n) is 6.57. The number of Topliss-reactive ketones (excluding diaryl/α,β-unsaturated/α-hetero) is 1. The molecule has 0 radical (unpaired) electrons. The van der Waals surface area contributed by atoms with E-state index in [4.69, 9.17) is 4.74 Å². The van der Waals surface area contributed by atoms with Crippen LogP contribution in [-0.4, -0.2) is 77.0 Å². The van der Waals surface area contributed by atoms with Crippen molar-refractivity contribution in [2.24, 2.45) is 0 Å². The van der Waals surface area contributed by atoms with E-state index >= 15 is 0 Å².